The zero-order chi connectivity index (χ0) is 18.9. The van der Waals surface area contributed by atoms with Gasteiger partial charge in [-0.15, -0.1) is 0 Å². The zero-order valence-corrected chi connectivity index (χ0v) is 15.2. The van der Waals surface area contributed by atoms with Crippen LogP contribution < -0.4 is 9.64 Å². The van der Waals surface area contributed by atoms with Gasteiger partial charge in [0.05, 0.1) is 5.92 Å². The van der Waals surface area contributed by atoms with Gasteiger partial charge in [0.25, 0.3) is 0 Å². The summed E-state index contributed by atoms with van der Waals surface area (Å²) in [4.78, 5) is 24.6. The fraction of sp³-hybridized carbons (Fsp3) is 0.333. The number of benzene rings is 2. The van der Waals surface area contributed by atoms with Crippen LogP contribution in [0.1, 0.15) is 32.8 Å². The largest absolute Gasteiger partial charge is 0.481 e. The third-order valence-electron chi connectivity index (χ3n) is 4.58. The SMILES string of the molecule is CC(C)(C)c1ccc(Oc2ccc(N3C[C@@H](C(=O)O)CC3=O)cc2)cc1. The Morgan fingerprint density at radius 1 is 1.04 bits per heavy atom. The molecule has 5 nitrogen and oxygen atoms in total. The van der Waals surface area contributed by atoms with Gasteiger partial charge in [-0.1, -0.05) is 32.9 Å². The van der Waals surface area contributed by atoms with Crippen LogP contribution in [0.3, 0.4) is 0 Å². The fourth-order valence-corrected chi connectivity index (χ4v) is 2.98. The molecule has 1 amide bonds. The molecule has 3 rings (SSSR count). The number of carboxylic acids is 1. The van der Waals surface area contributed by atoms with E-state index < -0.39 is 11.9 Å². The van der Waals surface area contributed by atoms with E-state index in [0.29, 0.717) is 11.4 Å². The van der Waals surface area contributed by atoms with E-state index in [4.69, 9.17) is 9.84 Å². The highest BCUT2D eigenvalue weighted by Gasteiger charge is 2.34. The number of ether oxygens (including phenoxy) is 1. The lowest BCUT2D eigenvalue weighted by Gasteiger charge is -2.19. The van der Waals surface area contributed by atoms with Crippen LogP contribution in [0.5, 0.6) is 11.5 Å². The molecule has 26 heavy (non-hydrogen) atoms. The van der Waals surface area contributed by atoms with Crippen molar-refractivity contribution in [1.29, 1.82) is 0 Å². The fourth-order valence-electron chi connectivity index (χ4n) is 2.98. The van der Waals surface area contributed by atoms with Crippen LogP contribution >= 0.6 is 0 Å². The number of hydrogen-bond donors (Lipinski definition) is 1. The average Bonchev–Trinajstić information content (AvgIpc) is 2.97. The second-order valence-corrected chi connectivity index (χ2v) is 7.61. The van der Waals surface area contributed by atoms with E-state index in [-0.39, 0.29) is 24.3 Å². The van der Waals surface area contributed by atoms with Crippen LogP contribution in [0.4, 0.5) is 5.69 Å². The Labute approximate surface area is 153 Å². The molecular weight excluding hydrogens is 330 g/mol. The molecule has 0 spiro atoms. The molecule has 1 heterocycles. The molecule has 0 aliphatic carbocycles. The molecule has 1 saturated heterocycles. The molecule has 0 saturated carbocycles. The van der Waals surface area contributed by atoms with Gasteiger partial charge in [-0.2, -0.15) is 0 Å². The second-order valence-electron chi connectivity index (χ2n) is 7.61. The number of rotatable bonds is 4. The normalized spacial score (nSPS) is 17.4. The monoisotopic (exact) mass is 353 g/mol. The zero-order valence-electron chi connectivity index (χ0n) is 15.2. The Hall–Kier alpha value is -2.82. The lowest BCUT2D eigenvalue weighted by molar-refractivity contribution is -0.141. The Balaban J connectivity index is 1.68. The van der Waals surface area contributed by atoms with Crippen LogP contribution in [0, 0.1) is 5.92 Å². The quantitative estimate of drug-likeness (QED) is 0.894. The highest BCUT2D eigenvalue weighted by molar-refractivity contribution is 5.99. The van der Waals surface area contributed by atoms with Crippen molar-refractivity contribution in [1.82, 2.24) is 0 Å². The summed E-state index contributed by atoms with van der Waals surface area (Å²) < 4.78 is 5.85. The number of anilines is 1. The average molecular weight is 353 g/mol. The first-order valence-corrected chi connectivity index (χ1v) is 8.66. The standard InChI is InChI=1S/C21H23NO4/c1-21(2,3)15-4-8-17(9-5-15)26-18-10-6-16(7-11-18)22-13-14(20(24)25)12-19(22)23/h4-11,14H,12-13H2,1-3H3,(H,24,25)/t14-/m0/s1. The third kappa shape index (κ3) is 3.87. The summed E-state index contributed by atoms with van der Waals surface area (Å²) in [5, 5.41) is 9.07. The van der Waals surface area contributed by atoms with Crippen molar-refractivity contribution >= 4 is 17.6 Å². The van der Waals surface area contributed by atoms with Gasteiger partial charge in [-0.3, -0.25) is 9.59 Å². The molecule has 1 aliphatic rings. The van der Waals surface area contributed by atoms with Crippen LogP contribution in [0.15, 0.2) is 48.5 Å². The maximum Gasteiger partial charge on any atom is 0.308 e. The maximum atomic E-state index is 12.0. The summed E-state index contributed by atoms with van der Waals surface area (Å²) in [6.45, 7) is 6.70. The smallest absolute Gasteiger partial charge is 0.308 e. The summed E-state index contributed by atoms with van der Waals surface area (Å²) in [5.74, 6) is -0.323. The summed E-state index contributed by atoms with van der Waals surface area (Å²) in [6.07, 6.45) is 0.0493. The van der Waals surface area contributed by atoms with Gasteiger partial charge < -0.3 is 14.7 Å². The van der Waals surface area contributed by atoms with E-state index in [2.05, 4.69) is 32.9 Å². The van der Waals surface area contributed by atoms with Gasteiger partial charge in [0, 0.05) is 18.7 Å². The van der Waals surface area contributed by atoms with E-state index in [1.807, 2.05) is 12.1 Å². The number of carboxylic acid groups (broad SMARTS) is 1. The van der Waals surface area contributed by atoms with Gasteiger partial charge >= 0.3 is 5.97 Å². The first-order chi connectivity index (χ1) is 12.2. The van der Waals surface area contributed by atoms with Gasteiger partial charge in [-0.05, 0) is 47.4 Å². The molecule has 1 fully saturated rings. The first-order valence-electron chi connectivity index (χ1n) is 8.66. The van der Waals surface area contributed by atoms with Gasteiger partial charge in [-0.25, -0.2) is 0 Å². The molecule has 1 N–H and O–H groups in total. The van der Waals surface area contributed by atoms with E-state index in [9.17, 15) is 9.59 Å². The number of nitrogens with zero attached hydrogens (tertiary/aromatic N) is 1. The van der Waals surface area contributed by atoms with E-state index in [1.165, 1.54) is 10.5 Å². The molecular formula is C21H23NO4. The summed E-state index contributed by atoms with van der Waals surface area (Å²) in [5.41, 5.74) is 2.02. The van der Waals surface area contributed by atoms with Gasteiger partial charge in [0.1, 0.15) is 11.5 Å². The number of aliphatic carboxylic acids is 1. The van der Waals surface area contributed by atoms with Crippen molar-refractivity contribution in [2.75, 3.05) is 11.4 Å². The predicted molar refractivity (Wildman–Crippen MR) is 99.8 cm³/mol. The molecule has 1 aliphatic heterocycles. The molecule has 2 aromatic rings. The number of hydrogen-bond acceptors (Lipinski definition) is 3. The third-order valence-corrected chi connectivity index (χ3v) is 4.58. The minimum atomic E-state index is -0.931. The van der Waals surface area contributed by atoms with E-state index in [0.717, 1.165) is 5.75 Å². The molecule has 0 unspecified atom stereocenters. The number of amides is 1. The minimum Gasteiger partial charge on any atom is -0.481 e. The van der Waals surface area contributed by atoms with Crippen LogP contribution in [0.25, 0.3) is 0 Å². The summed E-state index contributed by atoms with van der Waals surface area (Å²) >= 11 is 0. The van der Waals surface area contributed by atoms with Crippen molar-refractivity contribution in [3.8, 4) is 11.5 Å². The van der Waals surface area contributed by atoms with Crippen molar-refractivity contribution in [2.45, 2.75) is 32.6 Å². The highest BCUT2D eigenvalue weighted by Crippen LogP contribution is 2.30. The maximum absolute atomic E-state index is 12.0. The summed E-state index contributed by atoms with van der Waals surface area (Å²) in [7, 11) is 0. The van der Waals surface area contributed by atoms with Crippen molar-refractivity contribution in [2.24, 2.45) is 5.92 Å². The van der Waals surface area contributed by atoms with Crippen LogP contribution in [0.2, 0.25) is 0 Å². The van der Waals surface area contributed by atoms with Crippen molar-refractivity contribution in [3.05, 3.63) is 54.1 Å². The highest BCUT2D eigenvalue weighted by atomic mass is 16.5. The Morgan fingerprint density at radius 3 is 2.04 bits per heavy atom. The molecule has 0 bridgehead atoms. The Bertz CT molecular complexity index is 803. The number of carbonyl (C=O) groups is 2. The van der Waals surface area contributed by atoms with Crippen molar-refractivity contribution in [3.63, 3.8) is 0 Å². The van der Waals surface area contributed by atoms with E-state index in [1.54, 1.807) is 24.3 Å². The van der Waals surface area contributed by atoms with Crippen molar-refractivity contribution < 1.29 is 19.4 Å². The molecule has 136 valence electrons. The summed E-state index contributed by atoms with van der Waals surface area (Å²) in [6, 6.07) is 15.1. The lowest BCUT2D eigenvalue weighted by atomic mass is 9.87. The topological polar surface area (TPSA) is 66.8 Å². The molecule has 5 heteroatoms. The van der Waals surface area contributed by atoms with Gasteiger partial charge in [0.15, 0.2) is 0 Å². The first kappa shape index (κ1) is 18.0. The van der Waals surface area contributed by atoms with Crippen LogP contribution in [-0.2, 0) is 15.0 Å². The van der Waals surface area contributed by atoms with Crippen LogP contribution in [-0.4, -0.2) is 23.5 Å². The molecule has 2 aromatic carbocycles. The van der Waals surface area contributed by atoms with E-state index >= 15 is 0 Å². The Morgan fingerprint density at radius 2 is 1.58 bits per heavy atom. The second kappa shape index (κ2) is 6.83. The number of carbonyl (C=O) groups excluding carboxylic acids is 1. The molecule has 1 atom stereocenters. The van der Waals surface area contributed by atoms with Gasteiger partial charge in [0.2, 0.25) is 5.91 Å². The lowest BCUT2D eigenvalue weighted by Crippen LogP contribution is -2.25. The predicted octanol–water partition coefficient (Wildman–Crippen LogP) is 4.21. The molecule has 0 aromatic heterocycles. The Kier molecular flexibility index (Phi) is 4.72. The minimum absolute atomic E-state index is 0.0493. The molecule has 0 radical (unpaired) electrons.